The van der Waals surface area contributed by atoms with Crippen LogP contribution in [-0.2, 0) is 0 Å². The van der Waals surface area contributed by atoms with Crippen LogP contribution < -0.4 is 0 Å². The summed E-state index contributed by atoms with van der Waals surface area (Å²) < 4.78 is 1.19. The maximum Gasteiger partial charge on any atom is 0.0912 e. The summed E-state index contributed by atoms with van der Waals surface area (Å²) in [6, 6.07) is 0. The normalized spacial score (nSPS) is 25.4. The second-order valence-corrected chi connectivity index (χ2v) is 4.71. The molecule has 1 heterocycles. The smallest absolute Gasteiger partial charge is 0.0912 e. The highest BCUT2D eigenvalue weighted by molar-refractivity contribution is 9.09. The van der Waals surface area contributed by atoms with E-state index in [1.807, 2.05) is 0 Å². The summed E-state index contributed by atoms with van der Waals surface area (Å²) in [5.74, 6) is 0. The van der Waals surface area contributed by atoms with E-state index in [1.165, 1.54) is 37.2 Å². The highest BCUT2D eigenvalue weighted by atomic mass is 79.9. The van der Waals surface area contributed by atoms with Crippen molar-refractivity contribution >= 4 is 15.9 Å². The van der Waals surface area contributed by atoms with Gasteiger partial charge in [-0.2, -0.15) is 0 Å². The fourth-order valence-corrected chi connectivity index (χ4v) is 1.89. The second kappa shape index (κ2) is 3.87. The van der Waals surface area contributed by atoms with Crippen molar-refractivity contribution < 1.29 is 4.48 Å². The van der Waals surface area contributed by atoms with Gasteiger partial charge < -0.3 is 4.48 Å². The van der Waals surface area contributed by atoms with Gasteiger partial charge in [-0.1, -0.05) is 15.9 Å². The Balaban J connectivity index is 2.25. The Kier molecular flexibility index (Phi) is 3.34. The van der Waals surface area contributed by atoms with Crippen molar-refractivity contribution in [3.8, 4) is 0 Å². The molecule has 0 aliphatic carbocycles. The average molecular weight is 222 g/mol. The fourth-order valence-electron chi connectivity index (χ4n) is 1.39. The summed E-state index contributed by atoms with van der Waals surface area (Å²) >= 11 is 3.47. The van der Waals surface area contributed by atoms with Gasteiger partial charge in [0, 0.05) is 25.0 Å². The Bertz CT molecular complexity index is 115. The molecule has 0 bridgehead atoms. The summed E-state index contributed by atoms with van der Waals surface area (Å²) in [6.07, 6.45) is 0. The maximum absolute atomic E-state index is 3.47. The number of nitrogens with zero attached hydrogens (tertiary/aromatic N) is 2. The van der Waals surface area contributed by atoms with Crippen molar-refractivity contribution in [2.75, 3.05) is 52.1 Å². The Labute approximate surface area is 77.9 Å². The zero-order chi connectivity index (χ0) is 8.32. The molecule has 1 rings (SSSR count). The minimum Gasteiger partial charge on any atom is -0.326 e. The van der Waals surface area contributed by atoms with Gasteiger partial charge in [-0.05, 0) is 0 Å². The van der Waals surface area contributed by atoms with Crippen molar-refractivity contribution in [2.45, 2.75) is 0 Å². The first kappa shape index (κ1) is 9.49. The third-order valence-electron chi connectivity index (χ3n) is 2.44. The van der Waals surface area contributed by atoms with Gasteiger partial charge in [-0.3, -0.25) is 4.90 Å². The first-order valence-electron chi connectivity index (χ1n) is 4.24. The third-order valence-corrected chi connectivity index (χ3v) is 2.80. The molecule has 11 heavy (non-hydrogen) atoms. The first-order valence-corrected chi connectivity index (χ1v) is 5.36. The van der Waals surface area contributed by atoms with Gasteiger partial charge in [0.05, 0.1) is 27.2 Å². The van der Waals surface area contributed by atoms with E-state index in [0.717, 1.165) is 5.33 Å². The van der Waals surface area contributed by atoms with E-state index in [-0.39, 0.29) is 0 Å². The van der Waals surface area contributed by atoms with Crippen LogP contribution in [0.4, 0.5) is 0 Å². The van der Waals surface area contributed by atoms with Crippen LogP contribution in [0.15, 0.2) is 0 Å². The van der Waals surface area contributed by atoms with E-state index < -0.39 is 0 Å². The van der Waals surface area contributed by atoms with Crippen molar-refractivity contribution in [1.29, 1.82) is 0 Å². The molecule has 3 heteroatoms. The van der Waals surface area contributed by atoms with Crippen LogP contribution in [0.2, 0.25) is 0 Å². The molecule has 0 saturated carbocycles. The number of quaternary nitrogens is 1. The molecule has 0 amide bonds. The number of piperazine rings is 1. The molecule has 0 atom stereocenters. The molecular formula is C8H18BrN2+. The highest BCUT2D eigenvalue weighted by Gasteiger charge is 2.23. The lowest BCUT2D eigenvalue weighted by Crippen LogP contribution is -2.54. The quantitative estimate of drug-likeness (QED) is 0.493. The molecule has 0 aromatic heterocycles. The Morgan fingerprint density at radius 1 is 1.27 bits per heavy atom. The molecule has 0 unspecified atom stereocenters. The van der Waals surface area contributed by atoms with Crippen LogP contribution in [0.3, 0.4) is 0 Å². The van der Waals surface area contributed by atoms with E-state index in [4.69, 9.17) is 0 Å². The third kappa shape index (κ3) is 3.09. The lowest BCUT2D eigenvalue weighted by Gasteiger charge is -2.38. The van der Waals surface area contributed by atoms with Gasteiger partial charge >= 0.3 is 0 Å². The summed E-state index contributed by atoms with van der Waals surface area (Å²) in [5, 5.41) is 1.11. The van der Waals surface area contributed by atoms with Crippen LogP contribution in [0, 0.1) is 0 Å². The second-order valence-electron chi connectivity index (χ2n) is 3.91. The van der Waals surface area contributed by atoms with Crippen molar-refractivity contribution in [1.82, 2.24) is 4.90 Å². The van der Waals surface area contributed by atoms with Crippen molar-refractivity contribution in [3.63, 3.8) is 0 Å². The monoisotopic (exact) mass is 221 g/mol. The highest BCUT2D eigenvalue weighted by Crippen LogP contribution is 2.05. The minimum absolute atomic E-state index is 1.11. The van der Waals surface area contributed by atoms with Crippen molar-refractivity contribution in [2.24, 2.45) is 0 Å². The summed E-state index contributed by atoms with van der Waals surface area (Å²) in [6.45, 7) is 6.33. The van der Waals surface area contributed by atoms with E-state index >= 15 is 0 Å². The lowest BCUT2D eigenvalue weighted by atomic mass is 10.3. The number of halogens is 1. The van der Waals surface area contributed by atoms with Gasteiger partial charge in [0.1, 0.15) is 0 Å². The first-order chi connectivity index (χ1) is 5.14. The molecule has 0 aromatic rings. The largest absolute Gasteiger partial charge is 0.326 e. The predicted octanol–water partition coefficient (Wildman–Crippen LogP) is 0.773. The molecular weight excluding hydrogens is 204 g/mol. The summed E-state index contributed by atoms with van der Waals surface area (Å²) in [5.41, 5.74) is 0. The molecule has 1 aliphatic rings. The molecule has 0 N–H and O–H groups in total. The van der Waals surface area contributed by atoms with Crippen LogP contribution in [0.25, 0.3) is 0 Å². The van der Waals surface area contributed by atoms with Crippen LogP contribution >= 0.6 is 15.9 Å². The average Bonchev–Trinajstić information content (AvgIpc) is 1.94. The molecule has 1 fully saturated rings. The number of alkyl halides is 1. The molecule has 0 radical (unpaired) electrons. The van der Waals surface area contributed by atoms with Gasteiger partial charge in [-0.25, -0.2) is 0 Å². The van der Waals surface area contributed by atoms with Crippen molar-refractivity contribution in [3.05, 3.63) is 0 Å². The Morgan fingerprint density at radius 2 is 1.82 bits per heavy atom. The predicted molar refractivity (Wildman–Crippen MR) is 52.1 cm³/mol. The number of hydrogen-bond acceptors (Lipinski definition) is 1. The summed E-state index contributed by atoms with van der Waals surface area (Å²) in [4.78, 5) is 2.53. The zero-order valence-electron chi connectivity index (χ0n) is 7.52. The maximum atomic E-state index is 3.47. The molecule has 1 saturated heterocycles. The van der Waals surface area contributed by atoms with Gasteiger partial charge in [0.2, 0.25) is 0 Å². The van der Waals surface area contributed by atoms with E-state index in [9.17, 15) is 0 Å². The van der Waals surface area contributed by atoms with E-state index in [1.54, 1.807) is 0 Å². The van der Waals surface area contributed by atoms with Gasteiger partial charge in [0.15, 0.2) is 0 Å². The van der Waals surface area contributed by atoms with Gasteiger partial charge in [0.25, 0.3) is 0 Å². The number of likely N-dealkylation sites (N-methyl/N-ethyl adjacent to an activating group) is 1. The zero-order valence-corrected chi connectivity index (χ0v) is 9.10. The number of rotatable bonds is 2. The number of hydrogen-bond donors (Lipinski definition) is 0. The van der Waals surface area contributed by atoms with E-state index in [2.05, 4.69) is 34.9 Å². The fraction of sp³-hybridized carbons (Fsp3) is 1.00. The minimum atomic E-state index is 1.11. The van der Waals surface area contributed by atoms with Gasteiger partial charge in [-0.15, -0.1) is 0 Å². The lowest BCUT2D eigenvalue weighted by molar-refractivity contribution is -0.894. The van der Waals surface area contributed by atoms with Crippen LogP contribution in [0.5, 0.6) is 0 Å². The molecule has 2 nitrogen and oxygen atoms in total. The molecule has 0 aromatic carbocycles. The standard InChI is InChI=1S/C8H18BrN2/c1-11(2)7-5-10(4-3-9)6-8-11/h3-8H2,1-2H3/q+1. The van der Waals surface area contributed by atoms with Crippen LogP contribution in [0.1, 0.15) is 0 Å². The topological polar surface area (TPSA) is 3.24 Å². The Hall–Kier alpha value is 0.400. The molecule has 0 spiro atoms. The summed E-state index contributed by atoms with van der Waals surface area (Å²) in [7, 11) is 4.62. The van der Waals surface area contributed by atoms with E-state index in [0.29, 0.717) is 0 Å². The SMILES string of the molecule is C[N+]1(C)CCN(CCBr)CC1. The molecule has 1 aliphatic heterocycles. The Morgan fingerprint density at radius 3 is 2.27 bits per heavy atom. The van der Waals surface area contributed by atoms with Crippen LogP contribution in [-0.4, -0.2) is 61.5 Å². The molecule has 66 valence electrons.